The lowest BCUT2D eigenvalue weighted by Crippen LogP contribution is -2.24. The van der Waals surface area contributed by atoms with Gasteiger partial charge < -0.3 is 9.73 Å². The Morgan fingerprint density at radius 3 is 2.65 bits per heavy atom. The first-order valence-electron chi connectivity index (χ1n) is 5.27. The first kappa shape index (κ1) is 11.7. The lowest BCUT2D eigenvalue weighted by Gasteiger charge is -2.04. The third-order valence-corrected chi connectivity index (χ3v) is 2.57. The Labute approximate surface area is 104 Å². The molecule has 0 saturated heterocycles. The summed E-state index contributed by atoms with van der Waals surface area (Å²) < 4.78 is 5.09. The number of hydrogen-bond acceptors (Lipinski definition) is 2. The quantitative estimate of drug-likeness (QED) is 0.905. The molecule has 4 heteroatoms. The van der Waals surface area contributed by atoms with Gasteiger partial charge in [-0.3, -0.25) is 4.79 Å². The van der Waals surface area contributed by atoms with Crippen LogP contribution in [-0.2, 0) is 17.8 Å². The molecule has 0 unspecified atom stereocenters. The maximum absolute atomic E-state index is 11.6. The van der Waals surface area contributed by atoms with E-state index in [0.717, 1.165) is 5.56 Å². The SMILES string of the molecule is O=C(Cc1ccco1)NCc1ccc(Cl)cc1. The molecule has 0 aliphatic rings. The molecule has 0 radical (unpaired) electrons. The first-order chi connectivity index (χ1) is 8.24. The highest BCUT2D eigenvalue weighted by atomic mass is 35.5. The highest BCUT2D eigenvalue weighted by Gasteiger charge is 2.04. The van der Waals surface area contributed by atoms with E-state index in [4.69, 9.17) is 16.0 Å². The van der Waals surface area contributed by atoms with E-state index in [9.17, 15) is 4.79 Å². The van der Waals surface area contributed by atoms with Crippen molar-refractivity contribution in [3.8, 4) is 0 Å². The smallest absolute Gasteiger partial charge is 0.227 e. The van der Waals surface area contributed by atoms with Gasteiger partial charge in [-0.1, -0.05) is 23.7 Å². The van der Waals surface area contributed by atoms with Crippen molar-refractivity contribution in [2.45, 2.75) is 13.0 Å². The molecule has 0 spiro atoms. The average Bonchev–Trinajstić information content (AvgIpc) is 2.81. The number of amides is 1. The second kappa shape index (κ2) is 5.55. The minimum atomic E-state index is -0.0603. The van der Waals surface area contributed by atoms with Crippen molar-refractivity contribution in [2.75, 3.05) is 0 Å². The maximum Gasteiger partial charge on any atom is 0.227 e. The first-order valence-corrected chi connectivity index (χ1v) is 5.65. The fourth-order valence-electron chi connectivity index (χ4n) is 1.44. The highest BCUT2D eigenvalue weighted by Crippen LogP contribution is 2.09. The Hall–Kier alpha value is -1.74. The standard InChI is InChI=1S/C13H12ClNO2/c14-11-5-3-10(4-6-11)9-15-13(16)8-12-2-1-7-17-12/h1-7H,8-9H2,(H,15,16). The number of carbonyl (C=O) groups is 1. The summed E-state index contributed by atoms with van der Waals surface area (Å²) in [6, 6.07) is 10.9. The Balaban J connectivity index is 1.82. The van der Waals surface area contributed by atoms with Crippen LogP contribution in [0.5, 0.6) is 0 Å². The van der Waals surface area contributed by atoms with Gasteiger partial charge in [-0.05, 0) is 29.8 Å². The maximum atomic E-state index is 11.6. The van der Waals surface area contributed by atoms with Crippen molar-refractivity contribution in [1.29, 1.82) is 0 Å². The highest BCUT2D eigenvalue weighted by molar-refractivity contribution is 6.30. The van der Waals surface area contributed by atoms with Crippen LogP contribution in [0.4, 0.5) is 0 Å². The summed E-state index contributed by atoms with van der Waals surface area (Å²) in [6.45, 7) is 0.497. The predicted octanol–water partition coefficient (Wildman–Crippen LogP) is 2.79. The molecule has 0 aliphatic heterocycles. The predicted molar refractivity (Wildman–Crippen MR) is 65.7 cm³/mol. The van der Waals surface area contributed by atoms with Gasteiger partial charge >= 0.3 is 0 Å². The topological polar surface area (TPSA) is 42.2 Å². The molecule has 1 aromatic heterocycles. The Morgan fingerprint density at radius 1 is 1.24 bits per heavy atom. The van der Waals surface area contributed by atoms with Crippen LogP contribution in [0.2, 0.25) is 5.02 Å². The zero-order valence-corrected chi connectivity index (χ0v) is 9.91. The lowest BCUT2D eigenvalue weighted by atomic mass is 10.2. The molecule has 17 heavy (non-hydrogen) atoms. The van der Waals surface area contributed by atoms with Gasteiger partial charge in [0.2, 0.25) is 5.91 Å². The molecule has 2 aromatic rings. The molecule has 2 rings (SSSR count). The van der Waals surface area contributed by atoms with Gasteiger partial charge in [0.15, 0.2) is 0 Å². The number of nitrogens with one attached hydrogen (secondary N) is 1. The van der Waals surface area contributed by atoms with Crippen molar-refractivity contribution >= 4 is 17.5 Å². The van der Waals surface area contributed by atoms with E-state index >= 15 is 0 Å². The molecule has 0 saturated carbocycles. The molecular weight excluding hydrogens is 238 g/mol. The van der Waals surface area contributed by atoms with Crippen molar-refractivity contribution < 1.29 is 9.21 Å². The summed E-state index contributed by atoms with van der Waals surface area (Å²) >= 11 is 5.77. The Morgan fingerprint density at radius 2 is 2.00 bits per heavy atom. The second-order valence-corrected chi connectivity index (χ2v) is 4.10. The molecule has 0 fully saturated rings. The second-order valence-electron chi connectivity index (χ2n) is 3.66. The summed E-state index contributed by atoms with van der Waals surface area (Å²) in [5.41, 5.74) is 1.02. The van der Waals surface area contributed by atoms with Gasteiger partial charge in [0, 0.05) is 11.6 Å². The molecule has 1 heterocycles. The van der Waals surface area contributed by atoms with Crippen LogP contribution < -0.4 is 5.32 Å². The van der Waals surface area contributed by atoms with Gasteiger partial charge in [0.05, 0.1) is 12.7 Å². The average molecular weight is 250 g/mol. The number of hydrogen-bond donors (Lipinski definition) is 1. The van der Waals surface area contributed by atoms with Crippen molar-refractivity contribution in [3.05, 3.63) is 59.0 Å². The van der Waals surface area contributed by atoms with Crippen LogP contribution in [0.3, 0.4) is 0 Å². The van der Waals surface area contributed by atoms with E-state index in [1.807, 2.05) is 12.1 Å². The number of halogens is 1. The summed E-state index contributed by atoms with van der Waals surface area (Å²) in [5, 5.41) is 3.51. The van der Waals surface area contributed by atoms with Crippen LogP contribution in [0.15, 0.2) is 47.1 Å². The fourth-order valence-corrected chi connectivity index (χ4v) is 1.56. The number of rotatable bonds is 4. The van der Waals surface area contributed by atoms with Crippen LogP contribution in [0.1, 0.15) is 11.3 Å². The normalized spacial score (nSPS) is 10.2. The van der Waals surface area contributed by atoms with Crippen molar-refractivity contribution in [1.82, 2.24) is 5.32 Å². The van der Waals surface area contributed by atoms with Crippen LogP contribution in [-0.4, -0.2) is 5.91 Å². The summed E-state index contributed by atoms with van der Waals surface area (Å²) in [4.78, 5) is 11.6. The van der Waals surface area contributed by atoms with E-state index in [-0.39, 0.29) is 12.3 Å². The monoisotopic (exact) mass is 249 g/mol. The molecule has 0 bridgehead atoms. The summed E-state index contributed by atoms with van der Waals surface area (Å²) in [5.74, 6) is 0.605. The molecule has 1 amide bonds. The third-order valence-electron chi connectivity index (χ3n) is 2.32. The summed E-state index contributed by atoms with van der Waals surface area (Å²) in [7, 11) is 0. The van der Waals surface area contributed by atoms with Crippen molar-refractivity contribution in [3.63, 3.8) is 0 Å². The van der Waals surface area contributed by atoms with Gasteiger partial charge in [0.25, 0.3) is 0 Å². The van der Waals surface area contributed by atoms with E-state index < -0.39 is 0 Å². The lowest BCUT2D eigenvalue weighted by molar-refractivity contribution is -0.120. The molecule has 1 aromatic carbocycles. The Kier molecular flexibility index (Phi) is 3.83. The minimum Gasteiger partial charge on any atom is -0.469 e. The van der Waals surface area contributed by atoms with Crippen molar-refractivity contribution in [2.24, 2.45) is 0 Å². The van der Waals surface area contributed by atoms with Gasteiger partial charge in [-0.2, -0.15) is 0 Å². The van der Waals surface area contributed by atoms with Gasteiger partial charge in [-0.25, -0.2) is 0 Å². The van der Waals surface area contributed by atoms with E-state index in [0.29, 0.717) is 17.3 Å². The van der Waals surface area contributed by atoms with Crippen LogP contribution in [0.25, 0.3) is 0 Å². The van der Waals surface area contributed by atoms with Gasteiger partial charge in [-0.15, -0.1) is 0 Å². The largest absolute Gasteiger partial charge is 0.469 e. The molecule has 88 valence electrons. The van der Waals surface area contributed by atoms with Gasteiger partial charge in [0.1, 0.15) is 5.76 Å². The molecular formula is C13H12ClNO2. The van der Waals surface area contributed by atoms with Crippen LogP contribution in [0, 0.1) is 0 Å². The number of carbonyl (C=O) groups excluding carboxylic acids is 1. The number of furan rings is 1. The third kappa shape index (κ3) is 3.64. The summed E-state index contributed by atoms with van der Waals surface area (Å²) in [6.07, 6.45) is 1.82. The molecule has 0 aliphatic carbocycles. The van der Waals surface area contributed by atoms with E-state index in [1.165, 1.54) is 0 Å². The van der Waals surface area contributed by atoms with E-state index in [1.54, 1.807) is 30.5 Å². The minimum absolute atomic E-state index is 0.0603. The zero-order chi connectivity index (χ0) is 12.1. The number of benzene rings is 1. The molecule has 3 nitrogen and oxygen atoms in total. The fraction of sp³-hybridized carbons (Fsp3) is 0.154. The molecule has 0 atom stereocenters. The zero-order valence-electron chi connectivity index (χ0n) is 9.15. The van der Waals surface area contributed by atoms with E-state index in [2.05, 4.69) is 5.32 Å². The van der Waals surface area contributed by atoms with Crippen LogP contribution >= 0.6 is 11.6 Å². The Bertz CT molecular complexity index is 477. The molecule has 1 N–H and O–H groups in total.